The van der Waals surface area contributed by atoms with Crippen molar-refractivity contribution in [1.29, 1.82) is 0 Å². The summed E-state index contributed by atoms with van der Waals surface area (Å²) >= 11 is 0. The minimum atomic E-state index is -0.959. The maximum atomic E-state index is 13.3. The Kier molecular flexibility index (Phi) is 6.22. The van der Waals surface area contributed by atoms with E-state index in [1.165, 1.54) is 13.0 Å². The molecular formula is C19H20F2N2O2. The van der Waals surface area contributed by atoms with Crippen molar-refractivity contribution >= 4 is 11.8 Å². The molecule has 0 aliphatic rings. The lowest BCUT2D eigenvalue weighted by Gasteiger charge is -2.20. The van der Waals surface area contributed by atoms with Crippen LogP contribution in [-0.2, 0) is 9.59 Å². The van der Waals surface area contributed by atoms with Gasteiger partial charge in [-0.25, -0.2) is 8.78 Å². The Labute approximate surface area is 145 Å². The average molecular weight is 346 g/mol. The minimum Gasteiger partial charge on any atom is -0.350 e. The van der Waals surface area contributed by atoms with Crippen LogP contribution in [0.1, 0.15) is 43.5 Å². The van der Waals surface area contributed by atoms with Gasteiger partial charge in [-0.05, 0) is 30.2 Å². The van der Waals surface area contributed by atoms with Crippen molar-refractivity contribution in [2.75, 3.05) is 0 Å². The van der Waals surface area contributed by atoms with Crippen LogP contribution in [0, 0.1) is 11.6 Å². The summed E-state index contributed by atoms with van der Waals surface area (Å²) in [5, 5.41) is 5.48. The number of nitrogens with one attached hydrogen (secondary N) is 2. The van der Waals surface area contributed by atoms with Crippen LogP contribution in [0.2, 0.25) is 0 Å². The van der Waals surface area contributed by atoms with Gasteiger partial charge in [0.15, 0.2) is 11.6 Å². The average Bonchev–Trinajstić information content (AvgIpc) is 2.57. The Balaban J connectivity index is 2.05. The molecule has 0 spiro atoms. The van der Waals surface area contributed by atoms with E-state index in [4.69, 9.17) is 0 Å². The molecule has 0 saturated heterocycles. The maximum absolute atomic E-state index is 13.3. The lowest BCUT2D eigenvalue weighted by atomic mass is 10.0. The summed E-state index contributed by atoms with van der Waals surface area (Å²) < 4.78 is 26.3. The minimum absolute atomic E-state index is 0.0393. The number of rotatable bonds is 6. The summed E-state index contributed by atoms with van der Waals surface area (Å²) in [5.74, 6) is -2.44. The zero-order chi connectivity index (χ0) is 18.4. The second-order valence-electron chi connectivity index (χ2n) is 5.83. The number of hydrogen-bond donors (Lipinski definition) is 2. The molecule has 25 heavy (non-hydrogen) atoms. The maximum Gasteiger partial charge on any atom is 0.222 e. The Bertz CT molecular complexity index is 750. The zero-order valence-electron chi connectivity index (χ0n) is 14.1. The third-order valence-electron chi connectivity index (χ3n) is 3.79. The van der Waals surface area contributed by atoms with Crippen LogP contribution >= 0.6 is 0 Å². The smallest absolute Gasteiger partial charge is 0.222 e. The van der Waals surface area contributed by atoms with Gasteiger partial charge >= 0.3 is 0 Å². The predicted molar refractivity (Wildman–Crippen MR) is 90.5 cm³/mol. The first-order valence-corrected chi connectivity index (χ1v) is 7.93. The predicted octanol–water partition coefficient (Wildman–Crippen LogP) is 3.41. The van der Waals surface area contributed by atoms with Gasteiger partial charge in [-0.2, -0.15) is 0 Å². The lowest BCUT2D eigenvalue weighted by Crippen LogP contribution is -2.33. The van der Waals surface area contributed by atoms with Gasteiger partial charge in [0.2, 0.25) is 11.8 Å². The van der Waals surface area contributed by atoms with Gasteiger partial charge in [0.25, 0.3) is 0 Å². The third-order valence-corrected chi connectivity index (χ3v) is 3.79. The van der Waals surface area contributed by atoms with E-state index in [9.17, 15) is 18.4 Å². The van der Waals surface area contributed by atoms with Crippen LogP contribution in [0.3, 0.4) is 0 Å². The highest BCUT2D eigenvalue weighted by molar-refractivity contribution is 5.79. The van der Waals surface area contributed by atoms with Crippen LogP contribution in [0.4, 0.5) is 8.78 Å². The first-order valence-electron chi connectivity index (χ1n) is 7.93. The van der Waals surface area contributed by atoms with Crippen molar-refractivity contribution in [3.05, 3.63) is 71.3 Å². The van der Waals surface area contributed by atoms with E-state index in [-0.39, 0.29) is 18.2 Å². The molecule has 2 amide bonds. The highest BCUT2D eigenvalue weighted by Gasteiger charge is 2.19. The Morgan fingerprint density at radius 1 is 0.960 bits per heavy atom. The van der Waals surface area contributed by atoms with Crippen LogP contribution in [0.25, 0.3) is 0 Å². The van der Waals surface area contributed by atoms with Crippen molar-refractivity contribution < 1.29 is 18.4 Å². The van der Waals surface area contributed by atoms with E-state index in [2.05, 4.69) is 10.6 Å². The SMILES string of the molecule is CC(=O)NC(CC(=O)NC(C)c1ccc(F)c(F)c1)c1ccccc1. The molecule has 0 heterocycles. The summed E-state index contributed by atoms with van der Waals surface area (Å²) in [6.07, 6.45) is 0.0393. The number of benzene rings is 2. The molecule has 0 aromatic heterocycles. The van der Waals surface area contributed by atoms with Gasteiger partial charge in [-0.3, -0.25) is 9.59 Å². The van der Waals surface area contributed by atoms with E-state index in [0.29, 0.717) is 5.56 Å². The molecule has 0 aliphatic carbocycles. The van der Waals surface area contributed by atoms with Crippen LogP contribution < -0.4 is 10.6 Å². The van der Waals surface area contributed by atoms with Gasteiger partial charge in [0.05, 0.1) is 18.5 Å². The number of carbonyl (C=O) groups is 2. The molecule has 0 saturated carbocycles. The van der Waals surface area contributed by atoms with Crippen LogP contribution in [0.5, 0.6) is 0 Å². The molecule has 2 atom stereocenters. The second kappa shape index (κ2) is 8.37. The number of halogens is 2. The quantitative estimate of drug-likeness (QED) is 0.842. The van der Waals surface area contributed by atoms with Crippen molar-refractivity contribution in [3.8, 4) is 0 Å². The van der Waals surface area contributed by atoms with Gasteiger partial charge in [0, 0.05) is 6.92 Å². The lowest BCUT2D eigenvalue weighted by molar-refractivity contribution is -0.123. The topological polar surface area (TPSA) is 58.2 Å². The fraction of sp³-hybridized carbons (Fsp3) is 0.263. The number of hydrogen-bond acceptors (Lipinski definition) is 2. The molecule has 0 aliphatic heterocycles. The third kappa shape index (κ3) is 5.38. The van der Waals surface area contributed by atoms with Crippen LogP contribution in [-0.4, -0.2) is 11.8 Å². The first-order chi connectivity index (χ1) is 11.9. The zero-order valence-corrected chi connectivity index (χ0v) is 14.1. The van der Waals surface area contributed by atoms with Gasteiger partial charge in [-0.1, -0.05) is 36.4 Å². The van der Waals surface area contributed by atoms with Gasteiger partial charge in [-0.15, -0.1) is 0 Å². The highest BCUT2D eigenvalue weighted by atomic mass is 19.2. The summed E-state index contributed by atoms with van der Waals surface area (Å²) in [6.45, 7) is 3.07. The summed E-state index contributed by atoms with van der Waals surface area (Å²) in [5.41, 5.74) is 1.27. The molecule has 2 rings (SSSR count). The number of amides is 2. The largest absolute Gasteiger partial charge is 0.350 e. The van der Waals surface area contributed by atoms with Crippen molar-refractivity contribution in [1.82, 2.24) is 10.6 Å². The molecule has 2 aromatic rings. The first kappa shape index (κ1) is 18.6. The Hall–Kier alpha value is -2.76. The highest BCUT2D eigenvalue weighted by Crippen LogP contribution is 2.19. The van der Waals surface area contributed by atoms with E-state index in [0.717, 1.165) is 17.7 Å². The molecule has 0 radical (unpaired) electrons. The van der Waals surface area contributed by atoms with E-state index in [1.807, 2.05) is 30.3 Å². The molecule has 132 valence electrons. The number of carbonyl (C=O) groups excluding carboxylic acids is 2. The molecule has 2 aromatic carbocycles. The van der Waals surface area contributed by atoms with Gasteiger partial charge < -0.3 is 10.6 Å². The summed E-state index contributed by atoms with van der Waals surface area (Å²) in [4.78, 5) is 23.7. The summed E-state index contributed by atoms with van der Waals surface area (Å²) in [7, 11) is 0. The van der Waals surface area contributed by atoms with Gasteiger partial charge in [0.1, 0.15) is 0 Å². The van der Waals surface area contributed by atoms with Crippen molar-refractivity contribution in [3.63, 3.8) is 0 Å². The van der Waals surface area contributed by atoms with E-state index < -0.39 is 23.7 Å². The van der Waals surface area contributed by atoms with Crippen molar-refractivity contribution in [2.45, 2.75) is 32.4 Å². The van der Waals surface area contributed by atoms with E-state index in [1.54, 1.807) is 6.92 Å². The Morgan fingerprint density at radius 2 is 1.64 bits per heavy atom. The summed E-state index contributed by atoms with van der Waals surface area (Å²) in [6, 6.07) is 11.7. The van der Waals surface area contributed by atoms with E-state index >= 15 is 0 Å². The fourth-order valence-corrected chi connectivity index (χ4v) is 2.53. The molecule has 2 N–H and O–H groups in total. The van der Waals surface area contributed by atoms with Crippen molar-refractivity contribution in [2.24, 2.45) is 0 Å². The Morgan fingerprint density at radius 3 is 2.24 bits per heavy atom. The molecule has 2 unspecified atom stereocenters. The monoisotopic (exact) mass is 346 g/mol. The molecule has 6 heteroatoms. The second-order valence-corrected chi connectivity index (χ2v) is 5.83. The molecular weight excluding hydrogens is 326 g/mol. The molecule has 0 fully saturated rings. The normalized spacial score (nSPS) is 13.0. The molecule has 0 bridgehead atoms. The fourth-order valence-electron chi connectivity index (χ4n) is 2.53. The standard InChI is InChI=1S/C19H20F2N2O2/c1-12(15-8-9-16(20)17(21)10-15)22-19(25)11-18(23-13(2)24)14-6-4-3-5-7-14/h3-10,12,18H,11H2,1-2H3,(H,22,25)(H,23,24). The van der Waals surface area contributed by atoms with Crippen LogP contribution in [0.15, 0.2) is 48.5 Å². The molecule has 4 nitrogen and oxygen atoms in total.